The van der Waals surface area contributed by atoms with Crippen molar-refractivity contribution in [1.29, 1.82) is 0 Å². The topological polar surface area (TPSA) is 108 Å². The molecule has 1 spiro atoms. The summed E-state index contributed by atoms with van der Waals surface area (Å²) in [4.78, 5) is 52.9. The van der Waals surface area contributed by atoms with Crippen molar-refractivity contribution in [2.75, 3.05) is 6.61 Å². The van der Waals surface area contributed by atoms with E-state index in [1.165, 1.54) is 13.8 Å². The molecule has 8 heteroatoms. The third kappa shape index (κ3) is 4.71. The highest BCUT2D eigenvalue weighted by atomic mass is 16.6. The molecule has 3 aliphatic carbocycles. The molecule has 1 aromatic rings. The Morgan fingerprint density at radius 2 is 1.69 bits per heavy atom. The van der Waals surface area contributed by atoms with Crippen LogP contribution in [0.4, 0.5) is 0 Å². The van der Waals surface area contributed by atoms with Gasteiger partial charge in [0, 0.05) is 20.3 Å². The monoisotopic (exact) mass is 538 g/mol. The van der Waals surface area contributed by atoms with Crippen LogP contribution in [0.25, 0.3) is 0 Å². The summed E-state index contributed by atoms with van der Waals surface area (Å²) in [6.45, 7) is 10.9. The first-order valence-corrected chi connectivity index (χ1v) is 13.8. The molecular formula is C31H38O8. The number of ketones is 1. The number of benzene rings is 1. The second kappa shape index (κ2) is 9.58. The van der Waals surface area contributed by atoms with E-state index in [9.17, 15) is 19.2 Å². The number of rotatable bonds is 4. The summed E-state index contributed by atoms with van der Waals surface area (Å²) >= 11 is 0. The van der Waals surface area contributed by atoms with Crippen LogP contribution in [-0.4, -0.2) is 53.7 Å². The van der Waals surface area contributed by atoms with Crippen LogP contribution in [0.5, 0.6) is 0 Å². The Hall–Kier alpha value is -3.00. The predicted octanol–water partition coefficient (Wildman–Crippen LogP) is 4.45. The summed E-state index contributed by atoms with van der Waals surface area (Å²) in [6.07, 6.45) is 1.74. The molecule has 0 unspecified atom stereocenters. The lowest BCUT2D eigenvalue weighted by atomic mass is 9.74. The molecule has 8 nitrogen and oxygen atoms in total. The Morgan fingerprint density at radius 3 is 2.28 bits per heavy atom. The molecule has 5 rings (SSSR count). The molecule has 0 bridgehead atoms. The van der Waals surface area contributed by atoms with Crippen molar-refractivity contribution < 1.29 is 38.1 Å². The predicted molar refractivity (Wildman–Crippen MR) is 140 cm³/mol. The zero-order chi connectivity index (χ0) is 28.3. The van der Waals surface area contributed by atoms with E-state index in [1.54, 1.807) is 37.3 Å². The highest BCUT2D eigenvalue weighted by molar-refractivity contribution is 6.03. The van der Waals surface area contributed by atoms with Crippen LogP contribution < -0.4 is 0 Å². The van der Waals surface area contributed by atoms with Gasteiger partial charge in [-0.2, -0.15) is 0 Å². The van der Waals surface area contributed by atoms with E-state index in [0.29, 0.717) is 30.1 Å². The summed E-state index contributed by atoms with van der Waals surface area (Å²) in [5, 5.41) is 0. The van der Waals surface area contributed by atoms with E-state index in [4.69, 9.17) is 18.9 Å². The Morgan fingerprint density at radius 1 is 1.03 bits per heavy atom. The number of carbonyl (C=O) groups is 4. The normalized spacial score (nSPS) is 39.7. The van der Waals surface area contributed by atoms with Crippen molar-refractivity contribution in [3.63, 3.8) is 0 Å². The summed E-state index contributed by atoms with van der Waals surface area (Å²) < 4.78 is 24.2. The van der Waals surface area contributed by atoms with Gasteiger partial charge in [-0.1, -0.05) is 45.0 Å². The van der Waals surface area contributed by atoms with Gasteiger partial charge in [-0.3, -0.25) is 14.4 Å². The molecule has 1 saturated heterocycles. The molecule has 1 aliphatic heterocycles. The molecule has 39 heavy (non-hydrogen) atoms. The largest absolute Gasteiger partial charge is 0.459 e. The molecule has 4 aliphatic rings. The number of esters is 3. The molecular weight excluding hydrogens is 500 g/mol. The number of hydrogen-bond acceptors (Lipinski definition) is 8. The third-order valence-corrected chi connectivity index (χ3v) is 9.50. The molecule has 0 N–H and O–H groups in total. The zero-order valence-corrected chi connectivity index (χ0v) is 23.5. The minimum atomic E-state index is -1.69. The van der Waals surface area contributed by atoms with Gasteiger partial charge in [-0.25, -0.2) is 4.79 Å². The lowest BCUT2D eigenvalue weighted by molar-refractivity contribution is -0.186. The number of hydrogen-bond donors (Lipinski definition) is 0. The van der Waals surface area contributed by atoms with E-state index >= 15 is 0 Å². The molecule has 3 fully saturated rings. The molecule has 1 heterocycles. The average Bonchev–Trinajstić information content (AvgIpc) is 3.73. The molecule has 0 amide bonds. The smallest absolute Gasteiger partial charge is 0.338 e. The van der Waals surface area contributed by atoms with Crippen molar-refractivity contribution in [3.8, 4) is 0 Å². The number of fused-ring (bicyclic) bond motifs is 2. The molecule has 210 valence electrons. The minimum absolute atomic E-state index is 0.0124. The van der Waals surface area contributed by atoms with Crippen LogP contribution in [-0.2, 0) is 33.3 Å². The van der Waals surface area contributed by atoms with Crippen molar-refractivity contribution >= 4 is 23.7 Å². The first-order chi connectivity index (χ1) is 18.3. The second-order valence-electron chi connectivity index (χ2n) is 12.5. The Labute approximate surface area is 229 Å². The van der Waals surface area contributed by atoms with Crippen molar-refractivity contribution in [1.82, 2.24) is 0 Å². The Kier molecular flexibility index (Phi) is 6.77. The lowest BCUT2D eigenvalue weighted by Gasteiger charge is -2.41. The maximum atomic E-state index is 14.4. The second-order valence-corrected chi connectivity index (χ2v) is 12.5. The van der Waals surface area contributed by atoms with E-state index in [0.717, 1.165) is 6.42 Å². The number of allylic oxidation sites excluding steroid dienone is 1. The Bertz CT molecular complexity index is 1210. The molecule has 1 aromatic carbocycles. The maximum Gasteiger partial charge on any atom is 0.338 e. The SMILES string of the molecule is CC(=O)O[C@H]1[C@H]2[C@@H](OC(=O)c3ccccc3)[C@@H](C)C[C@]2(OC(C)=O)C(=O)/C(C)=C\[C@@H]2[C@H](CC[C@@]13CO3)C2(C)C. The summed E-state index contributed by atoms with van der Waals surface area (Å²) in [5.41, 5.74) is -1.68. The van der Waals surface area contributed by atoms with Crippen LogP contribution in [0.3, 0.4) is 0 Å². The van der Waals surface area contributed by atoms with Crippen LogP contribution in [0.15, 0.2) is 42.0 Å². The molecule has 0 aromatic heterocycles. The number of carbonyl (C=O) groups excluding carboxylic acids is 4. The number of ether oxygens (including phenoxy) is 4. The zero-order valence-electron chi connectivity index (χ0n) is 23.5. The fourth-order valence-electron chi connectivity index (χ4n) is 7.36. The first kappa shape index (κ1) is 27.6. The quantitative estimate of drug-likeness (QED) is 0.314. The standard InChI is InChI=1S/C31H38O8/c1-17-14-23-22(29(23,5)6)12-13-30(16-36-30)27(37-19(3)32)24-25(38-28(35)21-10-8-7-9-11-21)18(2)15-31(24,26(17)34)39-20(4)33/h7-11,14,18,22-25,27H,12-13,15-16H2,1-6H3/b17-14-/t18-,22-,23+,24+,25-,27-,30+,31+/m0/s1. The highest BCUT2D eigenvalue weighted by Gasteiger charge is 2.71. The Balaban J connectivity index is 1.66. The first-order valence-electron chi connectivity index (χ1n) is 13.8. The van der Waals surface area contributed by atoms with Gasteiger partial charge in [0.1, 0.15) is 17.8 Å². The molecule has 2 saturated carbocycles. The van der Waals surface area contributed by atoms with Crippen LogP contribution in [0, 0.1) is 29.1 Å². The van der Waals surface area contributed by atoms with Gasteiger partial charge in [0.05, 0.1) is 18.1 Å². The minimum Gasteiger partial charge on any atom is -0.459 e. The van der Waals surface area contributed by atoms with Crippen LogP contribution >= 0.6 is 0 Å². The van der Waals surface area contributed by atoms with E-state index in [2.05, 4.69) is 13.8 Å². The van der Waals surface area contributed by atoms with Gasteiger partial charge >= 0.3 is 17.9 Å². The van der Waals surface area contributed by atoms with Gasteiger partial charge in [0.25, 0.3) is 0 Å². The third-order valence-electron chi connectivity index (χ3n) is 9.50. The summed E-state index contributed by atoms with van der Waals surface area (Å²) in [7, 11) is 0. The summed E-state index contributed by atoms with van der Waals surface area (Å²) in [6, 6.07) is 8.59. The van der Waals surface area contributed by atoms with Crippen molar-refractivity contribution in [3.05, 3.63) is 47.5 Å². The highest BCUT2D eigenvalue weighted by Crippen LogP contribution is 2.64. The number of Topliss-reactive ketones (excluding diaryl/α,β-unsaturated/α-hetero) is 1. The van der Waals surface area contributed by atoms with Crippen LogP contribution in [0.1, 0.15) is 71.2 Å². The van der Waals surface area contributed by atoms with Gasteiger partial charge in [0.15, 0.2) is 5.60 Å². The van der Waals surface area contributed by atoms with Gasteiger partial charge in [0.2, 0.25) is 5.78 Å². The molecule has 8 atom stereocenters. The van der Waals surface area contributed by atoms with Gasteiger partial charge in [-0.05, 0) is 60.6 Å². The van der Waals surface area contributed by atoms with Gasteiger partial charge < -0.3 is 18.9 Å². The van der Waals surface area contributed by atoms with Crippen LogP contribution in [0.2, 0.25) is 0 Å². The summed E-state index contributed by atoms with van der Waals surface area (Å²) in [5.74, 6) is -2.86. The van der Waals surface area contributed by atoms with Gasteiger partial charge in [-0.15, -0.1) is 0 Å². The van der Waals surface area contributed by atoms with E-state index in [1.807, 2.05) is 13.0 Å². The fraction of sp³-hybridized carbons (Fsp3) is 0.613. The average molecular weight is 539 g/mol. The van der Waals surface area contributed by atoms with E-state index in [-0.39, 0.29) is 29.5 Å². The fourth-order valence-corrected chi connectivity index (χ4v) is 7.36. The number of epoxide rings is 1. The molecule has 0 radical (unpaired) electrons. The van der Waals surface area contributed by atoms with Crippen molar-refractivity contribution in [2.24, 2.45) is 29.1 Å². The van der Waals surface area contributed by atoms with Crippen molar-refractivity contribution in [2.45, 2.75) is 84.2 Å². The van der Waals surface area contributed by atoms with E-state index < -0.39 is 47.2 Å². The lowest BCUT2D eigenvalue weighted by Crippen LogP contribution is -2.58. The maximum absolute atomic E-state index is 14.4.